The van der Waals surface area contributed by atoms with E-state index in [1.54, 1.807) is 31.3 Å². The van der Waals surface area contributed by atoms with Crippen molar-refractivity contribution >= 4 is 17.7 Å². The second kappa shape index (κ2) is 14.3. The number of hydrogen-bond acceptors (Lipinski definition) is 6. The van der Waals surface area contributed by atoms with Crippen LogP contribution in [-0.2, 0) is 9.59 Å². The number of carbonyl (C=O) groups is 3. The number of rotatable bonds is 11. The van der Waals surface area contributed by atoms with Gasteiger partial charge in [0.1, 0.15) is 23.1 Å². The van der Waals surface area contributed by atoms with E-state index in [1.165, 1.54) is 5.56 Å². The number of nitrogens with one attached hydrogen (secondary N) is 2. The number of hydrogen-bond donors (Lipinski definition) is 3. The number of benzene rings is 2. The largest absolute Gasteiger partial charge is 0.457 e. The number of ether oxygens (including phenoxy) is 1. The van der Waals surface area contributed by atoms with Crippen LogP contribution >= 0.6 is 0 Å². The Kier molecular flexibility index (Phi) is 10.5. The van der Waals surface area contributed by atoms with Gasteiger partial charge in [0, 0.05) is 44.7 Å². The molecule has 2 aromatic carbocycles. The lowest BCUT2D eigenvalue weighted by atomic mass is 9.77. The van der Waals surface area contributed by atoms with Gasteiger partial charge in [0.15, 0.2) is 0 Å². The van der Waals surface area contributed by atoms with Crippen molar-refractivity contribution in [1.82, 2.24) is 20.4 Å². The molecule has 2 atom stereocenters. The normalized spacial score (nSPS) is 22.1. The van der Waals surface area contributed by atoms with Crippen molar-refractivity contribution in [2.24, 2.45) is 0 Å². The van der Waals surface area contributed by atoms with E-state index in [4.69, 9.17) is 4.74 Å². The highest BCUT2D eigenvalue weighted by molar-refractivity contribution is 6.00. The molecule has 1 spiro atoms. The first-order chi connectivity index (χ1) is 21.7. The Balaban J connectivity index is 1.24. The SMILES string of the molecule is CCCCN1C(=O)[C@@H](CC2(O)CCCCC2)NC(=O)C12CCN(C(CC)c1ccc(Oc3ccc(C(=O)NC)cc3)cc1)CC2. The second-order valence-electron chi connectivity index (χ2n) is 13.1. The molecule has 0 radical (unpaired) electrons. The average Bonchev–Trinajstić information content (AvgIpc) is 3.06. The predicted octanol–water partition coefficient (Wildman–Crippen LogP) is 5.34. The highest BCUT2D eigenvalue weighted by atomic mass is 16.5. The van der Waals surface area contributed by atoms with E-state index in [1.807, 2.05) is 17.0 Å². The topological polar surface area (TPSA) is 111 Å². The Hall–Kier alpha value is -3.43. The fraction of sp³-hybridized carbons (Fsp3) is 0.583. The van der Waals surface area contributed by atoms with Crippen molar-refractivity contribution in [2.45, 2.75) is 108 Å². The molecule has 1 unspecified atom stereocenters. The molecule has 2 aliphatic heterocycles. The van der Waals surface area contributed by atoms with Crippen molar-refractivity contribution < 1.29 is 24.2 Å². The van der Waals surface area contributed by atoms with Crippen LogP contribution < -0.4 is 15.4 Å². The molecule has 9 nitrogen and oxygen atoms in total. The summed E-state index contributed by atoms with van der Waals surface area (Å²) in [4.78, 5) is 43.9. The molecular formula is C36H50N4O5. The van der Waals surface area contributed by atoms with Gasteiger partial charge >= 0.3 is 0 Å². The molecule has 0 aromatic heterocycles. The minimum atomic E-state index is -0.873. The first kappa shape index (κ1) is 32.9. The number of unbranched alkanes of at least 4 members (excludes halogenated alkanes) is 1. The van der Waals surface area contributed by atoms with Crippen molar-refractivity contribution in [2.75, 3.05) is 26.7 Å². The van der Waals surface area contributed by atoms with Crippen LogP contribution in [0.4, 0.5) is 0 Å². The van der Waals surface area contributed by atoms with Crippen LogP contribution in [0.2, 0.25) is 0 Å². The summed E-state index contributed by atoms with van der Waals surface area (Å²) >= 11 is 0. The van der Waals surface area contributed by atoms with Crippen LogP contribution in [0.15, 0.2) is 48.5 Å². The zero-order valence-electron chi connectivity index (χ0n) is 27.1. The fourth-order valence-electron chi connectivity index (χ4n) is 7.57. The van der Waals surface area contributed by atoms with Gasteiger partial charge in [-0.05, 0) is 80.5 Å². The number of nitrogens with zero attached hydrogens (tertiary/aromatic N) is 2. The molecule has 3 fully saturated rings. The van der Waals surface area contributed by atoms with Gasteiger partial charge in [0.2, 0.25) is 11.8 Å². The number of piperidine rings is 1. The van der Waals surface area contributed by atoms with Crippen molar-refractivity contribution in [3.63, 3.8) is 0 Å². The monoisotopic (exact) mass is 618 g/mol. The molecule has 2 aromatic rings. The molecule has 45 heavy (non-hydrogen) atoms. The summed E-state index contributed by atoms with van der Waals surface area (Å²) in [6.07, 6.45) is 8.64. The van der Waals surface area contributed by atoms with Gasteiger partial charge in [-0.15, -0.1) is 0 Å². The summed E-state index contributed by atoms with van der Waals surface area (Å²) in [5.41, 5.74) is 0.0551. The molecule has 3 N–H and O–H groups in total. The molecule has 2 saturated heterocycles. The van der Waals surface area contributed by atoms with Crippen LogP contribution in [0.3, 0.4) is 0 Å². The summed E-state index contributed by atoms with van der Waals surface area (Å²) in [5.74, 6) is 1.16. The maximum absolute atomic E-state index is 13.9. The maximum Gasteiger partial charge on any atom is 0.251 e. The summed E-state index contributed by atoms with van der Waals surface area (Å²) in [7, 11) is 1.61. The third-order valence-corrected chi connectivity index (χ3v) is 10.2. The molecule has 9 heteroatoms. The summed E-state index contributed by atoms with van der Waals surface area (Å²) in [6.45, 7) is 6.29. The number of likely N-dealkylation sites (tertiary alicyclic amines) is 1. The maximum atomic E-state index is 13.9. The molecule has 1 aliphatic carbocycles. The zero-order valence-corrected chi connectivity index (χ0v) is 27.1. The van der Waals surface area contributed by atoms with Gasteiger partial charge < -0.3 is 25.4 Å². The van der Waals surface area contributed by atoms with E-state index in [9.17, 15) is 19.5 Å². The second-order valence-corrected chi connectivity index (χ2v) is 13.1. The van der Waals surface area contributed by atoms with Gasteiger partial charge in [-0.25, -0.2) is 0 Å². The van der Waals surface area contributed by atoms with Crippen LogP contribution in [0, 0.1) is 0 Å². The number of piperazine rings is 1. The van der Waals surface area contributed by atoms with E-state index < -0.39 is 17.2 Å². The smallest absolute Gasteiger partial charge is 0.251 e. The van der Waals surface area contributed by atoms with Gasteiger partial charge in [-0.3, -0.25) is 19.3 Å². The van der Waals surface area contributed by atoms with Gasteiger partial charge in [0.05, 0.1) is 5.60 Å². The third kappa shape index (κ3) is 7.20. The van der Waals surface area contributed by atoms with Crippen LogP contribution in [0.1, 0.15) is 106 Å². The van der Waals surface area contributed by atoms with Crippen molar-refractivity contribution in [3.8, 4) is 11.5 Å². The molecule has 2 heterocycles. The van der Waals surface area contributed by atoms with Crippen molar-refractivity contribution in [1.29, 1.82) is 0 Å². The highest BCUT2D eigenvalue weighted by Gasteiger charge is 2.54. The van der Waals surface area contributed by atoms with Gasteiger partial charge in [-0.2, -0.15) is 0 Å². The van der Waals surface area contributed by atoms with E-state index in [-0.39, 0.29) is 23.8 Å². The van der Waals surface area contributed by atoms with Gasteiger partial charge in [0.25, 0.3) is 5.91 Å². The Morgan fingerprint density at radius 3 is 2.18 bits per heavy atom. The van der Waals surface area contributed by atoms with Gasteiger partial charge in [-0.1, -0.05) is 51.7 Å². The molecule has 3 aliphatic rings. The van der Waals surface area contributed by atoms with E-state index in [0.717, 1.165) is 44.3 Å². The Morgan fingerprint density at radius 2 is 1.60 bits per heavy atom. The summed E-state index contributed by atoms with van der Waals surface area (Å²) in [6, 6.07) is 14.7. The molecular weight excluding hydrogens is 568 g/mol. The lowest BCUT2D eigenvalue weighted by Gasteiger charge is -2.53. The number of carbonyl (C=O) groups excluding carboxylic acids is 3. The standard InChI is InChI=1S/C36H50N4O5/c1-4-6-22-40-33(42)30(25-35(44)18-8-7-9-19-35)38-34(43)36(40)20-23-39(24-21-36)31(5-2)26-10-14-28(15-11-26)45-29-16-12-27(13-17-29)32(41)37-3/h10-17,30-31,44H,4-9,18-25H2,1-3H3,(H,37,41)(H,38,43)/t30-,31?/m1/s1. The lowest BCUT2D eigenvalue weighted by Crippen LogP contribution is -2.73. The average molecular weight is 619 g/mol. The van der Waals surface area contributed by atoms with Crippen LogP contribution in [0.5, 0.6) is 11.5 Å². The summed E-state index contributed by atoms with van der Waals surface area (Å²) in [5, 5.41) is 16.9. The van der Waals surface area contributed by atoms with Crippen LogP contribution in [-0.4, -0.2) is 76.5 Å². The molecule has 244 valence electrons. The fourth-order valence-corrected chi connectivity index (χ4v) is 7.57. The molecule has 0 bridgehead atoms. The number of aliphatic hydroxyl groups is 1. The molecule has 5 rings (SSSR count). The Bertz CT molecular complexity index is 1310. The molecule has 3 amide bonds. The minimum absolute atomic E-state index is 0.0265. The van der Waals surface area contributed by atoms with E-state index in [0.29, 0.717) is 63.1 Å². The zero-order chi connectivity index (χ0) is 32.0. The third-order valence-electron chi connectivity index (χ3n) is 10.2. The summed E-state index contributed by atoms with van der Waals surface area (Å²) < 4.78 is 6.02. The van der Waals surface area contributed by atoms with E-state index in [2.05, 4.69) is 41.5 Å². The van der Waals surface area contributed by atoms with E-state index >= 15 is 0 Å². The first-order valence-corrected chi connectivity index (χ1v) is 16.9. The Labute approximate surface area is 267 Å². The van der Waals surface area contributed by atoms with Crippen molar-refractivity contribution in [3.05, 3.63) is 59.7 Å². The quantitative estimate of drug-likeness (QED) is 0.314. The highest BCUT2D eigenvalue weighted by Crippen LogP contribution is 2.39. The molecule has 1 saturated carbocycles. The lowest BCUT2D eigenvalue weighted by molar-refractivity contribution is -0.164. The number of amides is 3. The predicted molar refractivity (Wildman–Crippen MR) is 174 cm³/mol. The minimum Gasteiger partial charge on any atom is -0.457 e. The first-order valence-electron chi connectivity index (χ1n) is 16.9. The Morgan fingerprint density at radius 1 is 0.978 bits per heavy atom. The van der Waals surface area contributed by atoms with Crippen LogP contribution in [0.25, 0.3) is 0 Å².